The van der Waals surface area contributed by atoms with E-state index in [0.29, 0.717) is 12.8 Å². The normalized spacial score (nSPS) is 12.6. The summed E-state index contributed by atoms with van der Waals surface area (Å²) in [5.41, 5.74) is 0. The highest BCUT2D eigenvalue weighted by molar-refractivity contribution is 5.70. The molecule has 0 saturated heterocycles. The minimum absolute atomic E-state index is 0.0666. The van der Waals surface area contributed by atoms with Crippen molar-refractivity contribution in [1.29, 1.82) is 0 Å². The highest BCUT2D eigenvalue weighted by Crippen LogP contribution is 2.17. The maximum Gasteiger partial charge on any atom is 0.306 e. The molecule has 0 aromatic carbocycles. The summed E-state index contributed by atoms with van der Waals surface area (Å²) in [6.07, 6.45) is 78.0. The molecule has 0 heterocycles. The maximum absolute atomic E-state index is 12.3. The summed E-state index contributed by atoms with van der Waals surface area (Å²) in [5.74, 6) is -0.588. The average Bonchev–Trinajstić information content (AvgIpc) is 3.33. The Balaban J connectivity index is 3.38. The summed E-state index contributed by atoms with van der Waals surface area (Å²) in [4.78, 5) is 24.4. The van der Waals surface area contributed by atoms with E-state index in [4.69, 9.17) is 9.47 Å². The molecule has 390 valence electrons. The van der Waals surface area contributed by atoms with E-state index in [1.165, 1.54) is 205 Å². The molecular formula is C62H112O5. The van der Waals surface area contributed by atoms with Gasteiger partial charge in [0.05, 0.1) is 6.61 Å². The third-order valence-corrected chi connectivity index (χ3v) is 13.0. The van der Waals surface area contributed by atoms with Gasteiger partial charge in [0, 0.05) is 12.8 Å². The molecule has 0 amide bonds. The van der Waals surface area contributed by atoms with E-state index in [-0.39, 0.29) is 25.2 Å². The molecule has 0 aliphatic carbocycles. The lowest BCUT2D eigenvalue weighted by Crippen LogP contribution is -2.28. The molecule has 0 bridgehead atoms. The van der Waals surface area contributed by atoms with Gasteiger partial charge in [-0.25, -0.2) is 0 Å². The summed E-state index contributed by atoms with van der Waals surface area (Å²) in [5, 5.41) is 9.63. The number of esters is 2. The summed E-state index contributed by atoms with van der Waals surface area (Å²) in [6.45, 7) is 4.04. The van der Waals surface area contributed by atoms with E-state index in [9.17, 15) is 14.7 Å². The van der Waals surface area contributed by atoms with Crippen molar-refractivity contribution in [2.45, 2.75) is 309 Å². The fraction of sp³-hybridized carbons (Fsp3) is 0.806. The molecule has 0 fully saturated rings. The van der Waals surface area contributed by atoms with Gasteiger partial charge in [-0.2, -0.15) is 0 Å². The predicted molar refractivity (Wildman–Crippen MR) is 293 cm³/mol. The molecular weight excluding hydrogens is 825 g/mol. The SMILES string of the molecule is CC/C=C\C/C=C\C/C=C\C/C=C\CCCCCCCCCCCCCCCCCCCCCCCCCCCCC(=O)OC(CO)COC(=O)CCCCCCC/C=C\CCCCCCC. The van der Waals surface area contributed by atoms with Crippen LogP contribution in [0.4, 0.5) is 0 Å². The van der Waals surface area contributed by atoms with Crippen molar-refractivity contribution in [3.8, 4) is 0 Å². The molecule has 5 nitrogen and oxygen atoms in total. The van der Waals surface area contributed by atoms with Crippen molar-refractivity contribution < 1.29 is 24.2 Å². The van der Waals surface area contributed by atoms with Crippen molar-refractivity contribution in [1.82, 2.24) is 0 Å². The molecule has 1 atom stereocenters. The van der Waals surface area contributed by atoms with Crippen LogP contribution in [-0.2, 0) is 19.1 Å². The van der Waals surface area contributed by atoms with E-state index < -0.39 is 6.10 Å². The van der Waals surface area contributed by atoms with Crippen molar-refractivity contribution in [2.75, 3.05) is 13.2 Å². The number of rotatable bonds is 54. The Bertz CT molecular complexity index is 1150. The first kappa shape index (κ1) is 64.6. The third-order valence-electron chi connectivity index (χ3n) is 13.0. The number of allylic oxidation sites excluding steroid dienone is 10. The molecule has 1 N–H and O–H groups in total. The van der Waals surface area contributed by atoms with Crippen LogP contribution in [0.25, 0.3) is 0 Å². The predicted octanol–water partition coefficient (Wildman–Crippen LogP) is 19.8. The molecule has 5 heteroatoms. The van der Waals surface area contributed by atoms with Crippen molar-refractivity contribution >= 4 is 11.9 Å². The molecule has 0 spiro atoms. The first-order valence-electron chi connectivity index (χ1n) is 29.3. The lowest BCUT2D eigenvalue weighted by Gasteiger charge is -2.15. The van der Waals surface area contributed by atoms with Gasteiger partial charge in [-0.1, -0.05) is 274 Å². The quantitative estimate of drug-likeness (QED) is 0.0374. The van der Waals surface area contributed by atoms with Crippen LogP contribution >= 0.6 is 0 Å². The van der Waals surface area contributed by atoms with Gasteiger partial charge in [0.25, 0.3) is 0 Å². The minimum Gasteiger partial charge on any atom is -0.462 e. The number of carbonyl (C=O) groups is 2. The number of carbonyl (C=O) groups excluding carboxylic acids is 2. The van der Waals surface area contributed by atoms with Crippen LogP contribution in [0, 0.1) is 0 Å². The number of unbranched alkanes of at least 4 members (excludes halogenated alkanes) is 36. The molecule has 67 heavy (non-hydrogen) atoms. The van der Waals surface area contributed by atoms with Gasteiger partial charge in [0.15, 0.2) is 6.10 Å². The van der Waals surface area contributed by atoms with Gasteiger partial charge >= 0.3 is 11.9 Å². The van der Waals surface area contributed by atoms with Crippen LogP contribution < -0.4 is 0 Å². The molecule has 0 aliphatic rings. The van der Waals surface area contributed by atoms with Crippen LogP contribution in [0.5, 0.6) is 0 Å². The molecule has 0 radical (unpaired) electrons. The van der Waals surface area contributed by atoms with Crippen LogP contribution in [-0.4, -0.2) is 36.4 Å². The zero-order valence-corrected chi connectivity index (χ0v) is 44.7. The Labute approximate surface area is 417 Å². The van der Waals surface area contributed by atoms with Gasteiger partial charge in [-0.3, -0.25) is 9.59 Å². The number of hydrogen-bond donors (Lipinski definition) is 1. The van der Waals surface area contributed by atoms with Crippen LogP contribution in [0.1, 0.15) is 303 Å². The second-order valence-corrected chi connectivity index (χ2v) is 19.7. The molecule has 1 unspecified atom stereocenters. The number of hydrogen-bond acceptors (Lipinski definition) is 5. The second-order valence-electron chi connectivity index (χ2n) is 19.7. The molecule has 0 aromatic rings. The Morgan fingerprint density at radius 1 is 0.358 bits per heavy atom. The van der Waals surface area contributed by atoms with Gasteiger partial charge < -0.3 is 14.6 Å². The maximum atomic E-state index is 12.3. The van der Waals surface area contributed by atoms with Crippen LogP contribution in [0.15, 0.2) is 60.8 Å². The first-order chi connectivity index (χ1) is 33.1. The van der Waals surface area contributed by atoms with Crippen molar-refractivity contribution in [2.24, 2.45) is 0 Å². The van der Waals surface area contributed by atoms with E-state index >= 15 is 0 Å². The summed E-state index contributed by atoms with van der Waals surface area (Å²) < 4.78 is 10.7. The van der Waals surface area contributed by atoms with E-state index in [1.54, 1.807) is 0 Å². The molecule has 0 aliphatic heterocycles. The van der Waals surface area contributed by atoms with Gasteiger partial charge in [0.2, 0.25) is 0 Å². The smallest absolute Gasteiger partial charge is 0.306 e. The zero-order valence-electron chi connectivity index (χ0n) is 44.7. The lowest BCUT2D eigenvalue weighted by molar-refractivity contribution is -0.161. The largest absolute Gasteiger partial charge is 0.462 e. The highest BCUT2D eigenvalue weighted by Gasteiger charge is 2.16. The first-order valence-corrected chi connectivity index (χ1v) is 29.3. The zero-order chi connectivity index (χ0) is 48.5. The fourth-order valence-corrected chi connectivity index (χ4v) is 8.66. The number of aliphatic hydroxyl groups is 1. The fourth-order valence-electron chi connectivity index (χ4n) is 8.66. The van der Waals surface area contributed by atoms with E-state index in [1.807, 2.05) is 0 Å². The third kappa shape index (κ3) is 56.1. The summed E-state index contributed by atoms with van der Waals surface area (Å²) >= 11 is 0. The Kier molecular flexibility index (Phi) is 55.8. The average molecular weight is 938 g/mol. The molecule has 0 rings (SSSR count). The second kappa shape index (κ2) is 57.9. The van der Waals surface area contributed by atoms with E-state index in [0.717, 1.165) is 70.6 Å². The number of aliphatic hydroxyl groups excluding tert-OH is 1. The van der Waals surface area contributed by atoms with Gasteiger partial charge in [-0.15, -0.1) is 0 Å². The van der Waals surface area contributed by atoms with E-state index in [2.05, 4.69) is 74.6 Å². The Morgan fingerprint density at radius 2 is 0.642 bits per heavy atom. The van der Waals surface area contributed by atoms with Gasteiger partial charge in [0.1, 0.15) is 6.61 Å². The molecule has 0 saturated carbocycles. The Hall–Kier alpha value is -2.40. The summed E-state index contributed by atoms with van der Waals surface area (Å²) in [6, 6.07) is 0. The highest BCUT2D eigenvalue weighted by atomic mass is 16.6. The summed E-state index contributed by atoms with van der Waals surface area (Å²) in [7, 11) is 0. The monoisotopic (exact) mass is 937 g/mol. The van der Waals surface area contributed by atoms with Crippen LogP contribution in [0.3, 0.4) is 0 Å². The number of ether oxygens (including phenoxy) is 2. The van der Waals surface area contributed by atoms with Crippen LogP contribution in [0.2, 0.25) is 0 Å². The van der Waals surface area contributed by atoms with Gasteiger partial charge in [-0.05, 0) is 77.0 Å². The van der Waals surface area contributed by atoms with Crippen molar-refractivity contribution in [3.63, 3.8) is 0 Å². The lowest BCUT2D eigenvalue weighted by atomic mass is 10.0. The minimum atomic E-state index is -0.773. The van der Waals surface area contributed by atoms with Crippen molar-refractivity contribution in [3.05, 3.63) is 60.8 Å². The molecule has 0 aromatic heterocycles. The Morgan fingerprint density at radius 3 is 0.985 bits per heavy atom. The topological polar surface area (TPSA) is 72.8 Å². The standard InChI is InChI=1S/C62H112O5/c1-3-5-7-9-11-13-15-17-19-20-21-22-23-24-25-26-27-28-29-30-31-32-33-34-35-36-37-38-39-40-41-42-43-45-47-49-51-53-55-57-62(65)67-60(58-63)59-66-61(64)56-54-52-50-48-46-44-18-16-14-12-10-8-6-4-2/h5,7,11,13,16-19,21-22,60,63H,3-4,6,8-10,12,14-15,20,23-59H2,1-2H3/b7-5-,13-11-,18-16-,19-17-,22-21-.